The smallest absolute Gasteiger partial charge is 0.134 e. The molecule has 0 unspecified atom stereocenters. The number of rotatable bonds is 4. The summed E-state index contributed by atoms with van der Waals surface area (Å²) in [5, 5.41) is 12.0. The summed E-state index contributed by atoms with van der Waals surface area (Å²) in [6.07, 6.45) is 9.11. The number of thiazole rings is 1. The number of hydrogen-bond acceptors (Lipinski definition) is 4. The van der Waals surface area contributed by atoms with Gasteiger partial charge in [-0.15, -0.1) is 11.3 Å². The Labute approximate surface area is 138 Å². The highest BCUT2D eigenvalue weighted by Crippen LogP contribution is 2.25. The van der Waals surface area contributed by atoms with Gasteiger partial charge in [-0.25, -0.2) is 4.98 Å². The van der Waals surface area contributed by atoms with Gasteiger partial charge in [-0.1, -0.05) is 42.5 Å². The second-order valence-electron chi connectivity index (χ2n) is 4.74. The first-order valence-corrected chi connectivity index (χ1v) is 7.94. The first kappa shape index (κ1) is 14.9. The minimum Gasteiger partial charge on any atom is -0.265 e. The van der Waals surface area contributed by atoms with E-state index in [1.54, 1.807) is 18.5 Å². The lowest BCUT2D eigenvalue weighted by atomic mass is 10.2. The van der Waals surface area contributed by atoms with Crippen LogP contribution in [0.25, 0.3) is 22.9 Å². The van der Waals surface area contributed by atoms with Crippen LogP contribution in [0.4, 0.5) is 0 Å². The molecule has 0 N–H and O–H groups in total. The maximum atomic E-state index is 9.36. The molecular weight excluding hydrogens is 302 g/mol. The standard InChI is InChI=1S/C19H13N3S/c20-13-17(8-4-7-15-5-2-1-3-6-15)19-22-18(14-23-19)16-9-11-21-12-10-16/h1-12,14H/b7-4-,17-8-. The Morgan fingerprint density at radius 2 is 1.87 bits per heavy atom. The second kappa shape index (κ2) is 7.30. The third-order valence-electron chi connectivity index (χ3n) is 3.18. The molecule has 1 aromatic carbocycles. The van der Waals surface area contributed by atoms with Crippen LogP contribution >= 0.6 is 11.3 Å². The fourth-order valence-corrected chi connectivity index (χ4v) is 2.83. The Hall–Kier alpha value is -3.03. The van der Waals surface area contributed by atoms with Crippen LogP contribution in [0.1, 0.15) is 10.6 Å². The van der Waals surface area contributed by atoms with Crippen LogP contribution in [0, 0.1) is 11.3 Å². The average molecular weight is 315 g/mol. The van der Waals surface area contributed by atoms with Crippen molar-refractivity contribution in [1.29, 1.82) is 5.26 Å². The van der Waals surface area contributed by atoms with Crippen LogP contribution in [-0.2, 0) is 0 Å². The van der Waals surface area contributed by atoms with Gasteiger partial charge in [0.15, 0.2) is 0 Å². The van der Waals surface area contributed by atoms with Crippen molar-refractivity contribution >= 4 is 23.0 Å². The molecule has 3 nitrogen and oxygen atoms in total. The Morgan fingerprint density at radius 3 is 2.61 bits per heavy atom. The first-order valence-electron chi connectivity index (χ1n) is 7.06. The SMILES string of the molecule is N#C/C(=C/C=C\c1ccccc1)c1nc(-c2ccncc2)cs1. The molecule has 0 amide bonds. The van der Waals surface area contributed by atoms with Crippen LogP contribution in [-0.4, -0.2) is 9.97 Å². The van der Waals surface area contributed by atoms with Crippen LogP contribution in [0.3, 0.4) is 0 Å². The number of nitrogens with zero attached hydrogens (tertiary/aromatic N) is 3. The van der Waals surface area contributed by atoms with Gasteiger partial charge in [0.1, 0.15) is 11.1 Å². The van der Waals surface area contributed by atoms with E-state index < -0.39 is 0 Å². The summed E-state index contributed by atoms with van der Waals surface area (Å²) in [5.74, 6) is 0. The van der Waals surface area contributed by atoms with E-state index in [1.165, 1.54) is 11.3 Å². The van der Waals surface area contributed by atoms with E-state index in [4.69, 9.17) is 0 Å². The van der Waals surface area contributed by atoms with E-state index in [2.05, 4.69) is 16.0 Å². The van der Waals surface area contributed by atoms with Crippen LogP contribution in [0.2, 0.25) is 0 Å². The van der Waals surface area contributed by atoms with Crippen molar-refractivity contribution in [3.63, 3.8) is 0 Å². The van der Waals surface area contributed by atoms with E-state index in [0.29, 0.717) is 5.57 Å². The van der Waals surface area contributed by atoms with Crippen molar-refractivity contribution < 1.29 is 0 Å². The lowest BCUT2D eigenvalue weighted by Gasteiger charge is -1.94. The van der Waals surface area contributed by atoms with Gasteiger partial charge < -0.3 is 0 Å². The fraction of sp³-hybridized carbons (Fsp3) is 0. The maximum absolute atomic E-state index is 9.36. The zero-order valence-electron chi connectivity index (χ0n) is 12.3. The van der Waals surface area contributed by atoms with Gasteiger partial charge in [0.25, 0.3) is 0 Å². The summed E-state index contributed by atoms with van der Waals surface area (Å²) in [7, 11) is 0. The van der Waals surface area contributed by atoms with Crippen LogP contribution in [0.5, 0.6) is 0 Å². The lowest BCUT2D eigenvalue weighted by Crippen LogP contribution is -1.82. The summed E-state index contributed by atoms with van der Waals surface area (Å²) in [6.45, 7) is 0. The van der Waals surface area contributed by atoms with Gasteiger partial charge >= 0.3 is 0 Å². The molecule has 3 aromatic rings. The highest BCUT2D eigenvalue weighted by Gasteiger charge is 2.07. The molecule has 2 heterocycles. The summed E-state index contributed by atoms with van der Waals surface area (Å²) in [6, 6.07) is 16.0. The van der Waals surface area contributed by atoms with Crippen molar-refractivity contribution in [1.82, 2.24) is 9.97 Å². The Bertz CT molecular complexity index is 872. The van der Waals surface area contributed by atoms with Crippen molar-refractivity contribution in [2.75, 3.05) is 0 Å². The predicted molar refractivity (Wildman–Crippen MR) is 94.4 cm³/mol. The highest BCUT2D eigenvalue weighted by molar-refractivity contribution is 7.11. The molecule has 23 heavy (non-hydrogen) atoms. The minimum atomic E-state index is 0.558. The highest BCUT2D eigenvalue weighted by atomic mass is 32.1. The maximum Gasteiger partial charge on any atom is 0.134 e. The number of benzene rings is 1. The largest absolute Gasteiger partial charge is 0.265 e. The van der Waals surface area contributed by atoms with Crippen LogP contribution in [0.15, 0.2) is 72.4 Å². The van der Waals surface area contributed by atoms with Gasteiger partial charge in [-0.05, 0) is 23.8 Å². The fourth-order valence-electron chi connectivity index (χ4n) is 2.03. The molecule has 2 aromatic heterocycles. The third kappa shape index (κ3) is 3.79. The van der Waals surface area contributed by atoms with Crippen molar-refractivity contribution in [2.24, 2.45) is 0 Å². The molecule has 110 valence electrons. The Morgan fingerprint density at radius 1 is 1.09 bits per heavy atom. The van der Waals surface area contributed by atoms with Gasteiger partial charge in [-0.3, -0.25) is 4.98 Å². The summed E-state index contributed by atoms with van der Waals surface area (Å²) >= 11 is 1.47. The summed E-state index contributed by atoms with van der Waals surface area (Å²) in [5.41, 5.74) is 3.51. The number of aromatic nitrogens is 2. The molecule has 4 heteroatoms. The molecule has 0 atom stereocenters. The van der Waals surface area contributed by atoms with E-state index in [9.17, 15) is 5.26 Å². The molecule has 0 fully saturated rings. The number of nitriles is 1. The van der Waals surface area contributed by atoms with Crippen molar-refractivity contribution in [3.05, 3.63) is 83.0 Å². The predicted octanol–water partition coefficient (Wildman–Crippen LogP) is 4.83. The Balaban J connectivity index is 1.82. The van der Waals surface area contributed by atoms with Gasteiger partial charge in [-0.2, -0.15) is 5.26 Å². The number of allylic oxidation sites excluding steroid dienone is 3. The van der Waals surface area contributed by atoms with E-state index >= 15 is 0 Å². The van der Waals surface area contributed by atoms with Gasteiger partial charge in [0.05, 0.1) is 11.3 Å². The molecular formula is C19H13N3S. The van der Waals surface area contributed by atoms with E-state index in [1.807, 2.05) is 60.0 Å². The monoisotopic (exact) mass is 315 g/mol. The Kier molecular flexibility index (Phi) is 4.72. The van der Waals surface area contributed by atoms with Crippen molar-refractivity contribution in [2.45, 2.75) is 0 Å². The lowest BCUT2D eigenvalue weighted by molar-refractivity contribution is 1.31. The number of pyridine rings is 1. The summed E-state index contributed by atoms with van der Waals surface area (Å²) < 4.78 is 0. The zero-order valence-corrected chi connectivity index (χ0v) is 13.1. The minimum absolute atomic E-state index is 0.558. The van der Waals surface area contributed by atoms with Crippen molar-refractivity contribution in [3.8, 4) is 17.3 Å². The number of hydrogen-bond donors (Lipinski definition) is 0. The average Bonchev–Trinajstić information content (AvgIpc) is 3.10. The normalized spacial score (nSPS) is 11.5. The quantitative estimate of drug-likeness (QED) is 0.512. The molecule has 3 rings (SSSR count). The van der Waals surface area contributed by atoms with Crippen LogP contribution < -0.4 is 0 Å². The second-order valence-corrected chi connectivity index (χ2v) is 5.59. The zero-order chi connectivity index (χ0) is 15.9. The molecule has 0 saturated carbocycles. The molecule has 0 aliphatic rings. The molecule has 0 bridgehead atoms. The van der Waals surface area contributed by atoms with Gasteiger partial charge in [0, 0.05) is 23.3 Å². The molecule has 0 saturated heterocycles. The molecule has 0 aliphatic carbocycles. The van der Waals surface area contributed by atoms with E-state index in [0.717, 1.165) is 21.8 Å². The van der Waals surface area contributed by atoms with Gasteiger partial charge in [0.2, 0.25) is 0 Å². The molecule has 0 spiro atoms. The first-order chi connectivity index (χ1) is 11.4. The topological polar surface area (TPSA) is 49.6 Å². The molecule has 0 aliphatic heterocycles. The van der Waals surface area contributed by atoms with E-state index in [-0.39, 0.29) is 0 Å². The third-order valence-corrected chi connectivity index (χ3v) is 4.06. The molecule has 0 radical (unpaired) electrons. The summed E-state index contributed by atoms with van der Waals surface area (Å²) in [4.78, 5) is 8.54.